The molecule has 0 aromatic carbocycles. The molecular weight excluding hydrogens is 222 g/mol. The zero-order valence-corrected chi connectivity index (χ0v) is 11.2. The number of hydrogen-bond acceptors (Lipinski definition) is 3. The van der Waals surface area contributed by atoms with E-state index in [-0.39, 0.29) is 18.2 Å². The van der Waals surface area contributed by atoms with E-state index in [0.29, 0.717) is 6.61 Å². The van der Waals surface area contributed by atoms with Crippen molar-refractivity contribution in [3.8, 4) is 0 Å². The van der Waals surface area contributed by atoms with Crippen molar-refractivity contribution in [2.75, 3.05) is 13.7 Å². The molecule has 1 unspecified atom stereocenters. The predicted molar refractivity (Wildman–Crippen MR) is 64.7 cm³/mol. The Bertz CT molecular complexity index is 270. The SMILES string of the molecule is COCC(C)CC(=O)N[C@H](C(=O)O)C(C)(C)C. The highest BCUT2D eigenvalue weighted by Gasteiger charge is 2.32. The Morgan fingerprint density at radius 3 is 2.24 bits per heavy atom. The summed E-state index contributed by atoms with van der Waals surface area (Å²) in [6.07, 6.45) is 0.272. The molecule has 2 atom stereocenters. The fraction of sp³-hybridized carbons (Fsp3) is 0.833. The van der Waals surface area contributed by atoms with Gasteiger partial charge in [-0.25, -0.2) is 4.79 Å². The lowest BCUT2D eigenvalue weighted by molar-refractivity contribution is -0.145. The van der Waals surface area contributed by atoms with Gasteiger partial charge in [0.15, 0.2) is 0 Å². The van der Waals surface area contributed by atoms with E-state index in [0.717, 1.165) is 0 Å². The second-order valence-corrected chi connectivity index (χ2v) is 5.47. The lowest BCUT2D eigenvalue weighted by Crippen LogP contribution is -2.49. The molecule has 2 N–H and O–H groups in total. The Kier molecular flexibility index (Phi) is 6.16. The van der Waals surface area contributed by atoms with E-state index in [1.54, 1.807) is 27.9 Å². The fourth-order valence-corrected chi connectivity index (χ4v) is 1.53. The van der Waals surface area contributed by atoms with Crippen molar-refractivity contribution in [1.29, 1.82) is 0 Å². The van der Waals surface area contributed by atoms with Crippen LogP contribution in [0.2, 0.25) is 0 Å². The molecular formula is C12H23NO4. The first-order valence-corrected chi connectivity index (χ1v) is 5.69. The largest absolute Gasteiger partial charge is 0.480 e. The molecule has 0 radical (unpaired) electrons. The monoisotopic (exact) mass is 245 g/mol. The summed E-state index contributed by atoms with van der Waals surface area (Å²) in [5.74, 6) is -1.18. The van der Waals surface area contributed by atoms with Crippen molar-refractivity contribution in [2.45, 2.75) is 40.2 Å². The van der Waals surface area contributed by atoms with Gasteiger partial charge in [-0.1, -0.05) is 27.7 Å². The van der Waals surface area contributed by atoms with E-state index in [1.807, 2.05) is 6.92 Å². The molecule has 0 aromatic rings. The number of rotatable bonds is 6. The summed E-state index contributed by atoms with van der Waals surface area (Å²) in [6.45, 7) is 7.72. The molecule has 0 saturated carbocycles. The van der Waals surface area contributed by atoms with Gasteiger partial charge in [-0.2, -0.15) is 0 Å². The number of hydrogen-bond donors (Lipinski definition) is 2. The molecule has 100 valence electrons. The normalized spacial score (nSPS) is 15.1. The van der Waals surface area contributed by atoms with Crippen LogP contribution in [-0.2, 0) is 14.3 Å². The molecule has 0 aliphatic rings. The fourth-order valence-electron chi connectivity index (χ4n) is 1.53. The number of carboxylic acid groups (broad SMARTS) is 1. The molecule has 5 nitrogen and oxygen atoms in total. The van der Waals surface area contributed by atoms with Gasteiger partial charge in [0.1, 0.15) is 6.04 Å². The third-order valence-electron chi connectivity index (χ3n) is 2.40. The first-order valence-electron chi connectivity index (χ1n) is 5.69. The zero-order chi connectivity index (χ0) is 13.6. The number of aliphatic carboxylic acids is 1. The number of amides is 1. The standard InChI is InChI=1S/C12H23NO4/c1-8(7-17-5)6-9(14)13-10(11(15)16)12(2,3)4/h8,10H,6-7H2,1-5H3,(H,13,14)(H,15,16)/t8?,10-/m1/s1. The second-order valence-electron chi connectivity index (χ2n) is 5.47. The van der Waals surface area contributed by atoms with Crippen LogP contribution in [0.25, 0.3) is 0 Å². The number of carbonyl (C=O) groups excluding carboxylic acids is 1. The van der Waals surface area contributed by atoms with Crippen LogP contribution in [0.5, 0.6) is 0 Å². The molecule has 0 aromatic heterocycles. The van der Waals surface area contributed by atoms with Gasteiger partial charge in [-0.3, -0.25) is 4.79 Å². The number of methoxy groups -OCH3 is 1. The zero-order valence-electron chi connectivity index (χ0n) is 11.2. The van der Waals surface area contributed by atoms with E-state index >= 15 is 0 Å². The van der Waals surface area contributed by atoms with Crippen molar-refractivity contribution >= 4 is 11.9 Å². The third-order valence-corrected chi connectivity index (χ3v) is 2.40. The topological polar surface area (TPSA) is 75.6 Å². The van der Waals surface area contributed by atoms with E-state index in [9.17, 15) is 9.59 Å². The Labute approximate surface area is 103 Å². The van der Waals surface area contributed by atoms with Gasteiger partial charge in [0, 0.05) is 20.1 Å². The van der Waals surface area contributed by atoms with Gasteiger partial charge in [0.2, 0.25) is 5.91 Å². The van der Waals surface area contributed by atoms with Gasteiger partial charge in [-0.05, 0) is 11.3 Å². The Morgan fingerprint density at radius 2 is 1.88 bits per heavy atom. The van der Waals surface area contributed by atoms with E-state index in [1.165, 1.54) is 0 Å². The van der Waals surface area contributed by atoms with Crippen LogP contribution in [0.1, 0.15) is 34.1 Å². The van der Waals surface area contributed by atoms with Gasteiger partial charge in [0.05, 0.1) is 0 Å². The first-order chi connectivity index (χ1) is 7.68. The average Bonchev–Trinajstić information content (AvgIpc) is 2.12. The van der Waals surface area contributed by atoms with Crippen LogP contribution >= 0.6 is 0 Å². The average molecular weight is 245 g/mol. The Hall–Kier alpha value is -1.10. The van der Waals surface area contributed by atoms with Crippen LogP contribution in [0.3, 0.4) is 0 Å². The highest BCUT2D eigenvalue weighted by molar-refractivity contribution is 5.84. The van der Waals surface area contributed by atoms with Crippen LogP contribution in [-0.4, -0.2) is 36.7 Å². The van der Waals surface area contributed by atoms with Gasteiger partial charge < -0.3 is 15.2 Å². The molecule has 5 heteroatoms. The smallest absolute Gasteiger partial charge is 0.326 e. The minimum Gasteiger partial charge on any atom is -0.480 e. The summed E-state index contributed by atoms with van der Waals surface area (Å²) in [4.78, 5) is 22.7. The molecule has 0 spiro atoms. The molecule has 0 bridgehead atoms. The quantitative estimate of drug-likeness (QED) is 0.739. The highest BCUT2D eigenvalue weighted by atomic mass is 16.5. The highest BCUT2D eigenvalue weighted by Crippen LogP contribution is 2.19. The van der Waals surface area contributed by atoms with E-state index in [4.69, 9.17) is 9.84 Å². The van der Waals surface area contributed by atoms with Crippen LogP contribution in [0.15, 0.2) is 0 Å². The Morgan fingerprint density at radius 1 is 1.35 bits per heavy atom. The maximum absolute atomic E-state index is 11.7. The molecule has 0 aliphatic carbocycles. The second kappa shape index (κ2) is 6.59. The van der Waals surface area contributed by atoms with Crippen molar-refractivity contribution in [3.05, 3.63) is 0 Å². The van der Waals surface area contributed by atoms with Crippen LogP contribution in [0.4, 0.5) is 0 Å². The van der Waals surface area contributed by atoms with Crippen molar-refractivity contribution in [1.82, 2.24) is 5.32 Å². The summed E-state index contributed by atoms with van der Waals surface area (Å²) in [7, 11) is 1.57. The number of carboxylic acids is 1. The molecule has 17 heavy (non-hydrogen) atoms. The van der Waals surface area contributed by atoms with Crippen molar-refractivity contribution < 1.29 is 19.4 Å². The van der Waals surface area contributed by atoms with Gasteiger partial charge in [-0.15, -0.1) is 0 Å². The molecule has 0 saturated heterocycles. The number of carbonyl (C=O) groups is 2. The van der Waals surface area contributed by atoms with Crippen LogP contribution < -0.4 is 5.32 Å². The van der Waals surface area contributed by atoms with Gasteiger partial charge in [0.25, 0.3) is 0 Å². The van der Waals surface area contributed by atoms with E-state index in [2.05, 4.69) is 5.32 Å². The summed E-state index contributed by atoms with van der Waals surface area (Å²) < 4.78 is 4.93. The summed E-state index contributed by atoms with van der Waals surface area (Å²) >= 11 is 0. The lowest BCUT2D eigenvalue weighted by Gasteiger charge is -2.28. The van der Waals surface area contributed by atoms with Crippen LogP contribution in [0, 0.1) is 11.3 Å². The molecule has 0 rings (SSSR count). The Balaban J connectivity index is 4.38. The molecule has 1 amide bonds. The summed E-state index contributed by atoms with van der Waals surface area (Å²) in [6, 6.07) is -0.871. The number of ether oxygens (including phenoxy) is 1. The predicted octanol–water partition coefficient (Wildman–Crippen LogP) is 1.27. The number of nitrogens with one attached hydrogen (secondary N) is 1. The summed E-state index contributed by atoms with van der Waals surface area (Å²) in [5.41, 5.74) is -0.508. The van der Waals surface area contributed by atoms with Gasteiger partial charge >= 0.3 is 5.97 Å². The minimum atomic E-state index is -1.01. The summed E-state index contributed by atoms with van der Waals surface area (Å²) in [5, 5.41) is 11.6. The minimum absolute atomic E-state index is 0.0782. The third kappa shape index (κ3) is 6.26. The van der Waals surface area contributed by atoms with Crippen molar-refractivity contribution in [2.24, 2.45) is 11.3 Å². The lowest BCUT2D eigenvalue weighted by atomic mass is 9.86. The maximum atomic E-state index is 11.7. The van der Waals surface area contributed by atoms with Crippen molar-refractivity contribution in [3.63, 3.8) is 0 Å². The molecule has 0 heterocycles. The van der Waals surface area contributed by atoms with E-state index < -0.39 is 17.4 Å². The molecule has 0 fully saturated rings. The first kappa shape index (κ1) is 15.9. The molecule has 0 aliphatic heterocycles. The maximum Gasteiger partial charge on any atom is 0.326 e.